The molecule has 5 rings (SSSR count). The highest BCUT2D eigenvalue weighted by Crippen LogP contribution is 2.48. The number of H-pyrrole nitrogens is 1. The normalized spacial score (nSPS) is 21.3. The van der Waals surface area contributed by atoms with E-state index in [4.69, 9.17) is 9.47 Å². The quantitative estimate of drug-likeness (QED) is 0.495. The standard InChI is InChI=1S/C27H32N2O4/c1-16-12-24(32-2)22(20-8-10-28-26(16)20)15-29-11-9-18(17-4-5-17)13-23(29)19-6-7-21(27(30)31)25(14-19)33-3/h6-8,10,12,14,17-18,23,28H,4-5,9,11,13,15H2,1-3H3,(H,30,31)/t18?,23-/m0/s1. The van der Waals surface area contributed by atoms with Crippen LogP contribution >= 0.6 is 0 Å². The summed E-state index contributed by atoms with van der Waals surface area (Å²) in [5, 5.41) is 10.7. The number of hydrogen-bond acceptors (Lipinski definition) is 4. The number of piperidine rings is 1. The third-order valence-corrected chi connectivity index (χ3v) is 7.58. The van der Waals surface area contributed by atoms with Gasteiger partial charge in [-0.3, -0.25) is 4.90 Å². The molecule has 1 aliphatic carbocycles. The first kappa shape index (κ1) is 21.8. The number of likely N-dealkylation sites (tertiary alicyclic amines) is 1. The summed E-state index contributed by atoms with van der Waals surface area (Å²) in [4.78, 5) is 17.5. The molecule has 33 heavy (non-hydrogen) atoms. The molecule has 2 aliphatic rings. The van der Waals surface area contributed by atoms with Crippen molar-refractivity contribution in [2.24, 2.45) is 11.8 Å². The third-order valence-electron chi connectivity index (χ3n) is 7.58. The molecular formula is C27H32N2O4. The van der Waals surface area contributed by atoms with E-state index >= 15 is 0 Å². The zero-order chi connectivity index (χ0) is 23.1. The van der Waals surface area contributed by atoms with Crippen molar-refractivity contribution >= 4 is 16.9 Å². The van der Waals surface area contributed by atoms with Crippen molar-refractivity contribution in [3.63, 3.8) is 0 Å². The minimum Gasteiger partial charge on any atom is -0.496 e. The van der Waals surface area contributed by atoms with Crippen molar-refractivity contribution in [2.45, 2.75) is 45.2 Å². The fourth-order valence-electron chi connectivity index (χ4n) is 5.65. The van der Waals surface area contributed by atoms with Gasteiger partial charge in [0.2, 0.25) is 0 Å². The number of benzene rings is 2. The average molecular weight is 449 g/mol. The number of carboxylic acid groups (broad SMARTS) is 1. The van der Waals surface area contributed by atoms with E-state index in [2.05, 4.69) is 28.9 Å². The number of nitrogens with zero attached hydrogens (tertiary/aromatic N) is 1. The van der Waals surface area contributed by atoms with Crippen LogP contribution in [0, 0.1) is 18.8 Å². The van der Waals surface area contributed by atoms with Gasteiger partial charge in [-0.1, -0.05) is 6.07 Å². The summed E-state index contributed by atoms with van der Waals surface area (Å²) < 4.78 is 11.3. The monoisotopic (exact) mass is 448 g/mol. The van der Waals surface area contributed by atoms with Crippen LogP contribution in [0.2, 0.25) is 0 Å². The van der Waals surface area contributed by atoms with Crippen molar-refractivity contribution in [1.82, 2.24) is 9.88 Å². The Kier molecular flexibility index (Phi) is 5.79. The Balaban J connectivity index is 1.52. The summed E-state index contributed by atoms with van der Waals surface area (Å²) in [5.41, 5.74) is 4.86. The van der Waals surface area contributed by atoms with Crippen LogP contribution in [0.4, 0.5) is 0 Å². The van der Waals surface area contributed by atoms with E-state index in [1.165, 1.54) is 42.9 Å². The molecule has 0 spiro atoms. The van der Waals surface area contributed by atoms with Gasteiger partial charge >= 0.3 is 5.97 Å². The number of aromatic nitrogens is 1. The van der Waals surface area contributed by atoms with Crippen LogP contribution < -0.4 is 9.47 Å². The Hall–Kier alpha value is -2.99. The average Bonchev–Trinajstić information content (AvgIpc) is 3.56. The van der Waals surface area contributed by atoms with E-state index in [1.54, 1.807) is 13.2 Å². The Morgan fingerprint density at radius 3 is 2.58 bits per heavy atom. The highest BCUT2D eigenvalue weighted by molar-refractivity contribution is 5.91. The highest BCUT2D eigenvalue weighted by atomic mass is 16.5. The summed E-state index contributed by atoms with van der Waals surface area (Å²) >= 11 is 0. The van der Waals surface area contributed by atoms with Crippen LogP contribution in [0.3, 0.4) is 0 Å². The summed E-state index contributed by atoms with van der Waals surface area (Å²) in [6.45, 7) is 3.89. The van der Waals surface area contributed by atoms with Gasteiger partial charge in [0.05, 0.1) is 14.2 Å². The van der Waals surface area contributed by atoms with Gasteiger partial charge in [-0.15, -0.1) is 0 Å². The molecule has 174 valence electrons. The molecular weight excluding hydrogens is 416 g/mol. The largest absolute Gasteiger partial charge is 0.496 e. The minimum atomic E-state index is -0.964. The molecule has 1 unspecified atom stereocenters. The highest BCUT2D eigenvalue weighted by Gasteiger charge is 2.38. The number of fused-ring (bicyclic) bond motifs is 1. The predicted octanol–water partition coefficient (Wildman–Crippen LogP) is 5.56. The van der Waals surface area contributed by atoms with Crippen molar-refractivity contribution in [3.8, 4) is 11.5 Å². The molecule has 2 fully saturated rings. The summed E-state index contributed by atoms with van der Waals surface area (Å²) in [6.07, 6.45) is 6.97. The molecule has 2 heterocycles. The number of hydrogen-bond donors (Lipinski definition) is 2. The zero-order valence-electron chi connectivity index (χ0n) is 19.6. The first-order chi connectivity index (χ1) is 16.0. The summed E-state index contributed by atoms with van der Waals surface area (Å²) in [5.74, 6) is 1.95. The molecule has 1 aliphatic heterocycles. The second-order valence-electron chi connectivity index (χ2n) is 9.51. The van der Waals surface area contributed by atoms with Crippen LogP contribution in [0.25, 0.3) is 10.9 Å². The van der Waals surface area contributed by atoms with Gasteiger partial charge in [0, 0.05) is 35.2 Å². The van der Waals surface area contributed by atoms with E-state index in [1.807, 2.05) is 18.3 Å². The van der Waals surface area contributed by atoms with Gasteiger partial charge in [0.15, 0.2) is 0 Å². The number of aromatic carboxylic acids is 1. The number of carboxylic acids is 1. The van der Waals surface area contributed by atoms with E-state index in [-0.39, 0.29) is 11.6 Å². The molecule has 0 amide bonds. The van der Waals surface area contributed by atoms with Crippen molar-refractivity contribution in [2.75, 3.05) is 20.8 Å². The van der Waals surface area contributed by atoms with Gasteiger partial charge < -0.3 is 19.6 Å². The Morgan fingerprint density at radius 2 is 1.88 bits per heavy atom. The molecule has 6 heteroatoms. The van der Waals surface area contributed by atoms with E-state index in [0.29, 0.717) is 5.75 Å². The number of methoxy groups -OCH3 is 2. The molecule has 2 atom stereocenters. The third kappa shape index (κ3) is 4.08. The maximum atomic E-state index is 11.6. The molecule has 1 aromatic heterocycles. The first-order valence-corrected chi connectivity index (χ1v) is 11.8. The molecule has 1 saturated heterocycles. The molecule has 6 nitrogen and oxygen atoms in total. The second kappa shape index (κ2) is 8.75. The fourth-order valence-corrected chi connectivity index (χ4v) is 5.65. The lowest BCUT2D eigenvalue weighted by atomic mass is 9.83. The molecule has 1 saturated carbocycles. The Bertz CT molecular complexity index is 1180. The maximum Gasteiger partial charge on any atom is 0.339 e. The van der Waals surface area contributed by atoms with Gasteiger partial charge in [-0.05, 0) is 86.4 Å². The van der Waals surface area contributed by atoms with Crippen molar-refractivity contribution in [1.29, 1.82) is 0 Å². The zero-order valence-corrected chi connectivity index (χ0v) is 19.6. The Morgan fingerprint density at radius 1 is 1.09 bits per heavy atom. The van der Waals surface area contributed by atoms with E-state index in [0.717, 1.165) is 48.2 Å². The molecule has 3 aromatic rings. The lowest BCUT2D eigenvalue weighted by Gasteiger charge is -2.40. The number of carbonyl (C=O) groups is 1. The molecule has 2 aromatic carbocycles. The fraction of sp³-hybridized carbons (Fsp3) is 0.444. The van der Waals surface area contributed by atoms with Crippen molar-refractivity contribution < 1.29 is 19.4 Å². The molecule has 0 bridgehead atoms. The maximum absolute atomic E-state index is 11.6. The van der Waals surface area contributed by atoms with E-state index in [9.17, 15) is 9.90 Å². The Labute approximate surface area is 194 Å². The second-order valence-corrected chi connectivity index (χ2v) is 9.51. The van der Waals surface area contributed by atoms with Crippen LogP contribution in [-0.2, 0) is 6.54 Å². The first-order valence-electron chi connectivity index (χ1n) is 11.8. The van der Waals surface area contributed by atoms with E-state index < -0.39 is 5.97 Å². The predicted molar refractivity (Wildman–Crippen MR) is 128 cm³/mol. The number of aryl methyl sites for hydroxylation is 1. The van der Waals surface area contributed by atoms with Crippen LogP contribution in [-0.4, -0.2) is 41.7 Å². The minimum absolute atomic E-state index is 0.205. The number of rotatable bonds is 7. The van der Waals surface area contributed by atoms with Gasteiger partial charge in [-0.2, -0.15) is 0 Å². The number of ether oxygens (including phenoxy) is 2. The van der Waals surface area contributed by atoms with Gasteiger partial charge in [0.1, 0.15) is 17.1 Å². The SMILES string of the molecule is COc1cc([C@@H]2CC(C3CC3)CCN2Cc2c(OC)cc(C)c3[nH]ccc23)ccc1C(=O)O. The van der Waals surface area contributed by atoms with Crippen LogP contribution in [0.5, 0.6) is 11.5 Å². The van der Waals surface area contributed by atoms with Gasteiger partial charge in [0.25, 0.3) is 0 Å². The lowest BCUT2D eigenvalue weighted by Crippen LogP contribution is -2.37. The van der Waals surface area contributed by atoms with Crippen molar-refractivity contribution in [3.05, 3.63) is 58.8 Å². The lowest BCUT2D eigenvalue weighted by molar-refractivity contribution is 0.0692. The van der Waals surface area contributed by atoms with Gasteiger partial charge in [-0.25, -0.2) is 4.79 Å². The number of nitrogens with one attached hydrogen (secondary N) is 1. The summed E-state index contributed by atoms with van der Waals surface area (Å²) in [6, 6.07) is 10.0. The topological polar surface area (TPSA) is 74.8 Å². The summed E-state index contributed by atoms with van der Waals surface area (Å²) in [7, 11) is 3.28. The van der Waals surface area contributed by atoms with Crippen LogP contribution in [0.1, 0.15) is 58.8 Å². The molecule has 2 N–H and O–H groups in total. The smallest absolute Gasteiger partial charge is 0.339 e. The van der Waals surface area contributed by atoms with Crippen LogP contribution in [0.15, 0.2) is 36.5 Å². The number of aromatic amines is 1. The molecule has 0 radical (unpaired) electrons.